The molecule has 3 heterocycles. The van der Waals surface area contributed by atoms with Gasteiger partial charge in [0.1, 0.15) is 5.82 Å². The molecule has 3 nitrogen and oxygen atoms in total. The molecule has 1 aromatic carbocycles. The third-order valence-corrected chi connectivity index (χ3v) is 6.96. The average Bonchev–Trinajstić information content (AvgIpc) is 3.18. The molecule has 128 valence electrons. The van der Waals surface area contributed by atoms with E-state index in [0.717, 1.165) is 31.5 Å². The molecule has 1 aliphatic carbocycles. The minimum atomic E-state index is -0.349. The number of benzene rings is 1. The number of hydrogen-bond acceptors (Lipinski definition) is 2. The lowest BCUT2D eigenvalue weighted by atomic mass is 9.90. The normalized spacial score (nSPS) is 34.0. The molecule has 0 spiro atoms. The second kappa shape index (κ2) is 5.29. The predicted octanol–water partition coefficient (Wildman–Crippen LogP) is 2.80. The Kier molecular flexibility index (Phi) is 3.28. The molecule has 3 aliphatic heterocycles. The fourth-order valence-corrected chi connectivity index (χ4v) is 5.54. The van der Waals surface area contributed by atoms with Gasteiger partial charge in [-0.2, -0.15) is 0 Å². The first-order chi connectivity index (χ1) is 11.7. The van der Waals surface area contributed by atoms with Gasteiger partial charge in [-0.3, -0.25) is 9.69 Å². The smallest absolute Gasteiger partial charge is 0.233 e. The zero-order chi connectivity index (χ0) is 16.3. The van der Waals surface area contributed by atoms with E-state index in [0.29, 0.717) is 23.8 Å². The van der Waals surface area contributed by atoms with Gasteiger partial charge in [-0.15, -0.1) is 0 Å². The van der Waals surface area contributed by atoms with Crippen LogP contribution in [0.2, 0.25) is 0 Å². The Morgan fingerprint density at radius 3 is 2.62 bits per heavy atom. The Balaban J connectivity index is 1.33. The standard InChI is InChI=1S/C20H25FN2O/c21-16-6-4-15(5-7-16)20(8-9-20)19(24)23-12-14-11-22-10-2-1-3-18(22)17(14)13-23/h4-7,14,17-18H,1-3,8-13H2. The molecule has 3 atom stereocenters. The van der Waals surface area contributed by atoms with E-state index in [4.69, 9.17) is 0 Å². The number of piperidine rings is 1. The molecular formula is C20H25FN2O. The van der Waals surface area contributed by atoms with Crippen molar-refractivity contribution in [2.45, 2.75) is 43.6 Å². The van der Waals surface area contributed by atoms with Gasteiger partial charge in [0.05, 0.1) is 5.41 Å². The Morgan fingerprint density at radius 2 is 1.88 bits per heavy atom. The molecule has 3 saturated heterocycles. The lowest BCUT2D eigenvalue weighted by Crippen LogP contribution is -2.43. The van der Waals surface area contributed by atoms with Crippen LogP contribution in [0.15, 0.2) is 24.3 Å². The molecule has 4 heteroatoms. The van der Waals surface area contributed by atoms with E-state index in [-0.39, 0.29) is 11.2 Å². The highest BCUT2D eigenvalue weighted by Gasteiger charge is 2.56. The summed E-state index contributed by atoms with van der Waals surface area (Å²) in [5.41, 5.74) is 0.656. The number of hydrogen-bond donors (Lipinski definition) is 0. The van der Waals surface area contributed by atoms with Gasteiger partial charge in [0, 0.05) is 25.7 Å². The molecule has 0 aromatic heterocycles. The molecule has 3 unspecified atom stereocenters. The topological polar surface area (TPSA) is 23.6 Å². The highest BCUT2D eigenvalue weighted by molar-refractivity contribution is 5.91. The minimum Gasteiger partial charge on any atom is -0.341 e. The van der Waals surface area contributed by atoms with E-state index in [1.54, 1.807) is 12.1 Å². The Morgan fingerprint density at radius 1 is 1.08 bits per heavy atom. The molecule has 1 aromatic rings. The van der Waals surface area contributed by atoms with Gasteiger partial charge < -0.3 is 4.90 Å². The summed E-state index contributed by atoms with van der Waals surface area (Å²) in [6.45, 7) is 4.31. The maximum Gasteiger partial charge on any atom is 0.233 e. The third kappa shape index (κ3) is 2.15. The van der Waals surface area contributed by atoms with Crippen LogP contribution in [0, 0.1) is 17.7 Å². The van der Waals surface area contributed by atoms with Crippen LogP contribution in [-0.2, 0) is 10.2 Å². The van der Waals surface area contributed by atoms with Gasteiger partial charge in [0.2, 0.25) is 5.91 Å². The van der Waals surface area contributed by atoms with E-state index in [2.05, 4.69) is 9.80 Å². The van der Waals surface area contributed by atoms with Crippen molar-refractivity contribution in [3.05, 3.63) is 35.6 Å². The molecule has 0 bridgehead atoms. The predicted molar refractivity (Wildman–Crippen MR) is 90.1 cm³/mol. The lowest BCUT2D eigenvalue weighted by Gasteiger charge is -2.33. The molecule has 24 heavy (non-hydrogen) atoms. The fraction of sp³-hybridized carbons (Fsp3) is 0.650. The van der Waals surface area contributed by atoms with Crippen LogP contribution in [0.1, 0.15) is 37.7 Å². The fourth-order valence-electron chi connectivity index (χ4n) is 5.54. The van der Waals surface area contributed by atoms with Crippen molar-refractivity contribution in [1.82, 2.24) is 9.80 Å². The monoisotopic (exact) mass is 328 g/mol. The van der Waals surface area contributed by atoms with Gasteiger partial charge in [-0.1, -0.05) is 18.6 Å². The third-order valence-electron chi connectivity index (χ3n) is 6.96. The van der Waals surface area contributed by atoms with E-state index in [1.807, 2.05) is 0 Å². The molecule has 4 fully saturated rings. The molecule has 1 amide bonds. The molecule has 4 aliphatic rings. The van der Waals surface area contributed by atoms with Crippen LogP contribution >= 0.6 is 0 Å². The molecule has 1 saturated carbocycles. The number of halogens is 1. The quantitative estimate of drug-likeness (QED) is 0.833. The van der Waals surface area contributed by atoms with Crippen molar-refractivity contribution >= 4 is 5.91 Å². The van der Waals surface area contributed by atoms with E-state index >= 15 is 0 Å². The number of nitrogens with zero attached hydrogens (tertiary/aromatic N) is 2. The van der Waals surface area contributed by atoms with Gasteiger partial charge >= 0.3 is 0 Å². The van der Waals surface area contributed by atoms with Crippen molar-refractivity contribution in [3.8, 4) is 0 Å². The largest absolute Gasteiger partial charge is 0.341 e. The van der Waals surface area contributed by atoms with Crippen molar-refractivity contribution in [1.29, 1.82) is 0 Å². The van der Waals surface area contributed by atoms with Crippen molar-refractivity contribution in [2.24, 2.45) is 11.8 Å². The summed E-state index contributed by atoms with van der Waals surface area (Å²) in [5.74, 6) is 1.42. The SMILES string of the molecule is O=C(N1CC2CN3CCCCC3C2C1)C1(c2ccc(F)cc2)CC1. The zero-order valence-electron chi connectivity index (χ0n) is 14.1. The zero-order valence-corrected chi connectivity index (χ0v) is 14.1. The highest BCUT2D eigenvalue weighted by atomic mass is 19.1. The average molecular weight is 328 g/mol. The number of carbonyl (C=O) groups is 1. The van der Waals surface area contributed by atoms with Crippen LogP contribution in [0.4, 0.5) is 4.39 Å². The number of likely N-dealkylation sites (tertiary alicyclic amines) is 1. The lowest BCUT2D eigenvalue weighted by molar-refractivity contribution is -0.133. The summed E-state index contributed by atoms with van der Waals surface area (Å²) in [6.07, 6.45) is 5.83. The molecular weight excluding hydrogens is 303 g/mol. The van der Waals surface area contributed by atoms with E-state index < -0.39 is 0 Å². The highest BCUT2D eigenvalue weighted by Crippen LogP contribution is 2.51. The van der Waals surface area contributed by atoms with Crippen LogP contribution in [0.25, 0.3) is 0 Å². The Labute approximate surface area is 142 Å². The summed E-state index contributed by atoms with van der Waals surface area (Å²) in [7, 11) is 0. The van der Waals surface area contributed by atoms with Crippen LogP contribution < -0.4 is 0 Å². The number of carbonyl (C=O) groups excluding carboxylic acids is 1. The van der Waals surface area contributed by atoms with Gasteiger partial charge in [-0.25, -0.2) is 4.39 Å². The van der Waals surface area contributed by atoms with Crippen molar-refractivity contribution < 1.29 is 9.18 Å². The summed E-state index contributed by atoms with van der Waals surface area (Å²) in [6, 6.07) is 7.30. The number of rotatable bonds is 2. The number of fused-ring (bicyclic) bond motifs is 3. The summed E-state index contributed by atoms with van der Waals surface area (Å²) in [5, 5.41) is 0. The van der Waals surface area contributed by atoms with Gasteiger partial charge in [0.25, 0.3) is 0 Å². The molecule has 0 radical (unpaired) electrons. The maximum absolute atomic E-state index is 13.2. The van der Waals surface area contributed by atoms with Crippen molar-refractivity contribution in [2.75, 3.05) is 26.2 Å². The minimum absolute atomic E-state index is 0.227. The molecule has 5 rings (SSSR count). The van der Waals surface area contributed by atoms with Gasteiger partial charge in [0.15, 0.2) is 0 Å². The number of amides is 1. The first kappa shape index (κ1) is 14.9. The maximum atomic E-state index is 13.2. The van der Waals surface area contributed by atoms with Gasteiger partial charge in [-0.05, 0) is 61.8 Å². The first-order valence-electron chi connectivity index (χ1n) is 9.47. The van der Waals surface area contributed by atoms with Crippen LogP contribution in [0.5, 0.6) is 0 Å². The second-order valence-electron chi connectivity index (χ2n) is 8.28. The Hall–Kier alpha value is -1.42. The summed E-state index contributed by atoms with van der Waals surface area (Å²) < 4.78 is 13.2. The van der Waals surface area contributed by atoms with E-state index in [9.17, 15) is 9.18 Å². The summed E-state index contributed by atoms with van der Waals surface area (Å²) >= 11 is 0. The van der Waals surface area contributed by atoms with Crippen LogP contribution in [-0.4, -0.2) is 47.9 Å². The second-order valence-corrected chi connectivity index (χ2v) is 8.28. The van der Waals surface area contributed by atoms with Crippen molar-refractivity contribution in [3.63, 3.8) is 0 Å². The van der Waals surface area contributed by atoms with E-state index in [1.165, 1.54) is 44.5 Å². The molecule has 0 N–H and O–H groups in total. The summed E-state index contributed by atoms with van der Waals surface area (Å²) in [4.78, 5) is 18.0. The first-order valence-corrected chi connectivity index (χ1v) is 9.47. The Bertz CT molecular complexity index is 654. The van der Waals surface area contributed by atoms with Crippen LogP contribution in [0.3, 0.4) is 0 Å².